The summed E-state index contributed by atoms with van der Waals surface area (Å²) >= 11 is 12.5. The van der Waals surface area contributed by atoms with Gasteiger partial charge in [-0.05, 0) is 80.2 Å². The Morgan fingerprint density at radius 1 is 1.08 bits per heavy atom. The first kappa shape index (κ1) is 25.9. The number of aryl methyl sites for hydroxylation is 1. The van der Waals surface area contributed by atoms with Crippen LogP contribution < -0.4 is 15.5 Å². The summed E-state index contributed by atoms with van der Waals surface area (Å²) in [6.07, 6.45) is 1.79. The Kier molecular flexibility index (Phi) is 7.46. The molecule has 3 heterocycles. The monoisotopic (exact) mass is 545 g/mol. The van der Waals surface area contributed by atoms with Gasteiger partial charge in [-0.2, -0.15) is 0 Å². The minimum Gasteiger partial charge on any atom is -0.375 e. The molecule has 2 aromatic carbocycles. The van der Waals surface area contributed by atoms with Crippen LogP contribution in [-0.2, 0) is 9.53 Å². The Morgan fingerprint density at radius 2 is 1.84 bits per heavy atom. The van der Waals surface area contributed by atoms with E-state index in [0.717, 1.165) is 34.0 Å². The van der Waals surface area contributed by atoms with E-state index in [1.54, 1.807) is 12.3 Å². The number of rotatable bonds is 7. The fourth-order valence-electron chi connectivity index (χ4n) is 5.08. The number of benzene rings is 2. The molecule has 2 N–H and O–H groups in total. The topological polar surface area (TPSA) is 71.4 Å². The second kappa shape index (κ2) is 10.9. The molecular weight excluding hydrogens is 518 g/mol. The summed E-state index contributed by atoms with van der Waals surface area (Å²) in [5.74, 6) is -0.276. The molecule has 0 radical (unpaired) electrons. The lowest BCUT2D eigenvalue weighted by Crippen LogP contribution is -2.29. The average molecular weight is 546 g/mol. The highest BCUT2D eigenvalue weighted by atomic mass is 35.5. The van der Waals surface area contributed by atoms with Crippen molar-refractivity contribution in [2.45, 2.75) is 25.9 Å². The van der Waals surface area contributed by atoms with E-state index in [9.17, 15) is 4.79 Å². The molecule has 2 unspecified atom stereocenters. The number of carbonyl (C=O) groups is 1. The minimum absolute atomic E-state index is 0.0525. The molecule has 1 saturated heterocycles. The lowest BCUT2D eigenvalue weighted by atomic mass is 9.96. The van der Waals surface area contributed by atoms with Gasteiger partial charge in [0.1, 0.15) is 6.61 Å². The van der Waals surface area contributed by atoms with Crippen LogP contribution in [-0.4, -0.2) is 34.3 Å². The minimum atomic E-state index is -0.276. The van der Waals surface area contributed by atoms with Crippen LogP contribution in [0.1, 0.15) is 34.7 Å². The number of halogens is 1. The molecule has 2 aromatic heterocycles. The van der Waals surface area contributed by atoms with Crippen LogP contribution in [0.15, 0.2) is 79.0 Å². The van der Waals surface area contributed by atoms with Crippen molar-refractivity contribution in [3.8, 4) is 5.69 Å². The summed E-state index contributed by atoms with van der Waals surface area (Å²) in [6.45, 7) is 4.19. The molecule has 5 rings (SSSR count). The van der Waals surface area contributed by atoms with Crippen molar-refractivity contribution in [1.82, 2.24) is 14.9 Å². The number of anilines is 2. The summed E-state index contributed by atoms with van der Waals surface area (Å²) in [5, 5.41) is 7.26. The number of nitrogens with one attached hydrogen (secondary N) is 2. The zero-order valence-electron chi connectivity index (χ0n) is 21.3. The van der Waals surface area contributed by atoms with Gasteiger partial charge < -0.3 is 24.8 Å². The van der Waals surface area contributed by atoms with E-state index in [0.29, 0.717) is 15.8 Å². The number of methoxy groups -OCH3 is 1. The van der Waals surface area contributed by atoms with Gasteiger partial charge in [0.25, 0.3) is 0 Å². The molecule has 1 fully saturated rings. The van der Waals surface area contributed by atoms with Crippen LogP contribution in [0.25, 0.3) is 5.69 Å². The van der Waals surface area contributed by atoms with Crippen LogP contribution in [0.5, 0.6) is 0 Å². The smallest absolute Gasteiger partial charge is 0.250 e. The fourth-order valence-corrected chi connectivity index (χ4v) is 5.65. The average Bonchev–Trinajstić information content (AvgIpc) is 3.41. The highest BCUT2D eigenvalue weighted by Crippen LogP contribution is 2.44. The van der Waals surface area contributed by atoms with E-state index < -0.39 is 0 Å². The summed E-state index contributed by atoms with van der Waals surface area (Å²) in [4.78, 5) is 18.8. The Labute approximate surface area is 232 Å². The predicted molar refractivity (Wildman–Crippen MR) is 155 cm³/mol. The first-order chi connectivity index (χ1) is 18.4. The van der Waals surface area contributed by atoms with Crippen molar-refractivity contribution >= 4 is 46.2 Å². The molecular formula is C29H28ClN5O2S. The zero-order valence-corrected chi connectivity index (χ0v) is 22.9. The van der Waals surface area contributed by atoms with Gasteiger partial charge >= 0.3 is 0 Å². The van der Waals surface area contributed by atoms with Crippen LogP contribution in [0, 0.1) is 13.8 Å². The van der Waals surface area contributed by atoms with Crippen molar-refractivity contribution in [2.24, 2.45) is 0 Å². The molecule has 0 bridgehead atoms. The summed E-state index contributed by atoms with van der Waals surface area (Å²) < 4.78 is 7.17. The van der Waals surface area contributed by atoms with E-state index in [-0.39, 0.29) is 24.6 Å². The second-order valence-corrected chi connectivity index (χ2v) is 9.93. The lowest BCUT2D eigenvalue weighted by Gasteiger charge is -2.28. The molecule has 194 valence electrons. The summed E-state index contributed by atoms with van der Waals surface area (Å²) in [7, 11) is 1.47. The number of thiocarbonyl (C=S) groups is 1. The van der Waals surface area contributed by atoms with E-state index in [1.807, 2.05) is 48.5 Å². The lowest BCUT2D eigenvalue weighted by molar-refractivity contribution is -0.119. The maximum Gasteiger partial charge on any atom is 0.250 e. The summed E-state index contributed by atoms with van der Waals surface area (Å²) in [6, 6.07) is 23.5. The number of nitrogens with zero attached hydrogens (tertiary/aromatic N) is 3. The SMILES string of the molecule is COCC(=O)Nc1ccc(N2C(=S)NC(c3ccccn3)C2c2cc(C)n(-c3ccccc3)c2C)cc1Cl. The van der Waals surface area contributed by atoms with Crippen LogP contribution in [0.4, 0.5) is 11.4 Å². The first-order valence-electron chi connectivity index (χ1n) is 12.2. The maximum atomic E-state index is 12.0. The third kappa shape index (κ3) is 4.90. The van der Waals surface area contributed by atoms with E-state index in [2.05, 4.69) is 57.1 Å². The molecule has 1 aliphatic rings. The van der Waals surface area contributed by atoms with Crippen molar-refractivity contribution in [2.75, 3.05) is 23.9 Å². The number of aromatic nitrogens is 2. The molecule has 7 nitrogen and oxygen atoms in total. The molecule has 2 atom stereocenters. The molecule has 4 aromatic rings. The zero-order chi connectivity index (χ0) is 26.8. The van der Waals surface area contributed by atoms with Gasteiger partial charge in [-0.25, -0.2) is 0 Å². The van der Waals surface area contributed by atoms with Gasteiger partial charge in [-0.1, -0.05) is 35.9 Å². The fraction of sp³-hybridized carbons (Fsp3) is 0.207. The largest absolute Gasteiger partial charge is 0.375 e. The van der Waals surface area contributed by atoms with Gasteiger partial charge in [0, 0.05) is 36.1 Å². The molecule has 9 heteroatoms. The third-order valence-electron chi connectivity index (χ3n) is 6.68. The third-order valence-corrected chi connectivity index (χ3v) is 7.31. The maximum absolute atomic E-state index is 12.0. The number of carbonyl (C=O) groups excluding carboxylic acids is 1. The molecule has 38 heavy (non-hydrogen) atoms. The van der Waals surface area contributed by atoms with Gasteiger partial charge in [0.05, 0.1) is 28.5 Å². The predicted octanol–water partition coefficient (Wildman–Crippen LogP) is 5.90. The van der Waals surface area contributed by atoms with E-state index in [1.165, 1.54) is 7.11 Å². The number of hydrogen-bond donors (Lipinski definition) is 2. The van der Waals surface area contributed by atoms with Crippen LogP contribution in [0.3, 0.4) is 0 Å². The van der Waals surface area contributed by atoms with Gasteiger partial charge in [0.2, 0.25) is 5.91 Å². The number of amides is 1. The highest BCUT2D eigenvalue weighted by Gasteiger charge is 2.42. The van der Waals surface area contributed by atoms with Crippen molar-refractivity contribution in [3.05, 3.63) is 107 Å². The molecule has 0 saturated carbocycles. The van der Waals surface area contributed by atoms with Crippen molar-refractivity contribution < 1.29 is 9.53 Å². The number of para-hydroxylation sites is 1. The van der Waals surface area contributed by atoms with Crippen molar-refractivity contribution in [3.63, 3.8) is 0 Å². The molecule has 1 aliphatic heterocycles. The first-order valence-corrected chi connectivity index (χ1v) is 13.0. The quantitative estimate of drug-likeness (QED) is 0.282. The van der Waals surface area contributed by atoms with E-state index in [4.69, 9.17) is 28.6 Å². The number of hydrogen-bond acceptors (Lipinski definition) is 4. The van der Waals surface area contributed by atoms with Gasteiger partial charge in [-0.3, -0.25) is 9.78 Å². The van der Waals surface area contributed by atoms with Crippen LogP contribution >= 0.6 is 23.8 Å². The molecule has 1 amide bonds. The Bertz CT molecular complexity index is 1480. The normalized spacial score (nSPS) is 16.9. The summed E-state index contributed by atoms with van der Waals surface area (Å²) in [5.41, 5.74) is 6.67. The van der Waals surface area contributed by atoms with Crippen LogP contribution in [0.2, 0.25) is 5.02 Å². The Hall–Kier alpha value is -3.72. The number of ether oxygens (including phenoxy) is 1. The van der Waals surface area contributed by atoms with Gasteiger partial charge in [-0.15, -0.1) is 0 Å². The second-order valence-electron chi connectivity index (χ2n) is 9.14. The molecule has 0 spiro atoms. The Morgan fingerprint density at radius 3 is 2.53 bits per heavy atom. The van der Waals surface area contributed by atoms with Crippen molar-refractivity contribution in [1.29, 1.82) is 0 Å². The highest BCUT2D eigenvalue weighted by molar-refractivity contribution is 7.80. The standard InChI is InChI=1S/C29H28ClN5O2S/c1-18-15-22(19(2)34(18)20-9-5-4-6-10-20)28-27(25-11-7-8-14-31-25)33-29(38)35(28)21-12-13-24(23(30)16-21)32-26(36)17-37-3/h4-16,27-28H,17H2,1-3H3,(H,32,36)(H,33,38). The Balaban J connectivity index is 1.60. The van der Waals surface area contributed by atoms with E-state index >= 15 is 0 Å². The number of pyridine rings is 1. The van der Waals surface area contributed by atoms with Gasteiger partial charge in [0.15, 0.2) is 5.11 Å². The molecule has 0 aliphatic carbocycles.